The van der Waals surface area contributed by atoms with Crippen molar-refractivity contribution in [3.8, 4) is 11.5 Å². The number of anilines is 1. The highest BCUT2D eigenvalue weighted by Crippen LogP contribution is 2.32. The van der Waals surface area contributed by atoms with E-state index < -0.39 is 17.8 Å². The molecule has 0 atom stereocenters. The highest BCUT2D eigenvalue weighted by atomic mass is 16.6. The molecule has 2 rings (SSSR count). The first-order chi connectivity index (χ1) is 14.3. The van der Waals surface area contributed by atoms with E-state index in [-0.39, 0.29) is 23.0 Å². The lowest BCUT2D eigenvalue weighted by Crippen LogP contribution is -2.30. The summed E-state index contributed by atoms with van der Waals surface area (Å²) in [5.41, 5.74) is 0.976. The first-order valence-corrected chi connectivity index (χ1v) is 9.47. The van der Waals surface area contributed by atoms with E-state index in [0.29, 0.717) is 24.3 Å². The molecule has 2 amide bonds. The Morgan fingerprint density at radius 2 is 1.47 bits per heavy atom. The Kier molecular flexibility index (Phi) is 7.69. The quantitative estimate of drug-likeness (QED) is 0.553. The van der Waals surface area contributed by atoms with Crippen LogP contribution in [0, 0.1) is 0 Å². The number of carbonyl (C=O) groups excluding carboxylic acids is 4. The van der Waals surface area contributed by atoms with Crippen LogP contribution in [0.5, 0.6) is 11.5 Å². The maximum Gasteiger partial charge on any atom is 0.308 e. The molecule has 0 aliphatic rings. The fourth-order valence-electron chi connectivity index (χ4n) is 2.77. The molecular weight excluding hydrogens is 388 g/mol. The molecule has 0 saturated carbocycles. The van der Waals surface area contributed by atoms with Crippen LogP contribution < -0.4 is 14.8 Å². The molecule has 8 nitrogen and oxygen atoms in total. The molecule has 1 N–H and O–H groups in total. The van der Waals surface area contributed by atoms with Gasteiger partial charge in [0.25, 0.3) is 11.8 Å². The number of nitrogens with one attached hydrogen (secondary N) is 1. The zero-order valence-electron chi connectivity index (χ0n) is 17.4. The van der Waals surface area contributed by atoms with Crippen molar-refractivity contribution in [3.63, 3.8) is 0 Å². The average Bonchev–Trinajstić information content (AvgIpc) is 2.70. The number of amides is 2. The molecule has 30 heavy (non-hydrogen) atoms. The second-order valence-corrected chi connectivity index (χ2v) is 6.33. The number of carbonyl (C=O) groups is 4. The van der Waals surface area contributed by atoms with Gasteiger partial charge in [0.15, 0.2) is 11.5 Å². The minimum absolute atomic E-state index is 0.0206. The summed E-state index contributed by atoms with van der Waals surface area (Å²) in [6.07, 6.45) is 0. The lowest BCUT2D eigenvalue weighted by molar-refractivity contribution is -0.134. The van der Waals surface area contributed by atoms with Gasteiger partial charge in [-0.25, -0.2) is 0 Å². The van der Waals surface area contributed by atoms with Gasteiger partial charge in [-0.3, -0.25) is 19.2 Å². The molecule has 0 aliphatic heterocycles. The number of benzene rings is 2. The number of esters is 2. The largest absolute Gasteiger partial charge is 0.423 e. The van der Waals surface area contributed by atoms with Gasteiger partial charge in [0.1, 0.15) is 0 Å². The molecule has 0 heterocycles. The van der Waals surface area contributed by atoms with Crippen molar-refractivity contribution in [2.75, 3.05) is 18.4 Å². The van der Waals surface area contributed by atoms with Gasteiger partial charge in [-0.2, -0.15) is 0 Å². The highest BCUT2D eigenvalue weighted by molar-refractivity contribution is 6.07. The molecule has 0 saturated heterocycles. The number of nitrogens with zero attached hydrogens (tertiary/aromatic N) is 1. The van der Waals surface area contributed by atoms with Crippen LogP contribution >= 0.6 is 0 Å². The van der Waals surface area contributed by atoms with Crippen LogP contribution in [0.15, 0.2) is 42.5 Å². The van der Waals surface area contributed by atoms with Gasteiger partial charge in [0.2, 0.25) is 0 Å². The predicted molar refractivity (Wildman–Crippen MR) is 111 cm³/mol. The summed E-state index contributed by atoms with van der Waals surface area (Å²) in [5.74, 6) is -2.12. The summed E-state index contributed by atoms with van der Waals surface area (Å²) in [4.78, 5) is 49.6. The van der Waals surface area contributed by atoms with Gasteiger partial charge in [0, 0.05) is 38.2 Å². The minimum Gasteiger partial charge on any atom is -0.423 e. The Morgan fingerprint density at radius 1 is 0.867 bits per heavy atom. The van der Waals surface area contributed by atoms with Crippen molar-refractivity contribution in [1.29, 1.82) is 0 Å². The van der Waals surface area contributed by atoms with E-state index >= 15 is 0 Å². The van der Waals surface area contributed by atoms with E-state index in [2.05, 4.69) is 5.32 Å². The van der Waals surface area contributed by atoms with Gasteiger partial charge in [-0.15, -0.1) is 0 Å². The Bertz CT molecular complexity index is 949. The first kappa shape index (κ1) is 22.6. The Morgan fingerprint density at radius 3 is 2.00 bits per heavy atom. The first-order valence-electron chi connectivity index (χ1n) is 9.47. The van der Waals surface area contributed by atoms with Gasteiger partial charge in [0.05, 0.1) is 5.56 Å². The van der Waals surface area contributed by atoms with E-state index in [9.17, 15) is 19.2 Å². The van der Waals surface area contributed by atoms with Crippen molar-refractivity contribution < 1.29 is 28.7 Å². The number of para-hydroxylation sites is 1. The van der Waals surface area contributed by atoms with Crippen LogP contribution in [0.25, 0.3) is 0 Å². The molecule has 0 aliphatic carbocycles. The number of rotatable bonds is 7. The van der Waals surface area contributed by atoms with Gasteiger partial charge >= 0.3 is 11.9 Å². The molecule has 0 radical (unpaired) electrons. The molecule has 0 aromatic heterocycles. The summed E-state index contributed by atoms with van der Waals surface area (Å²) in [5, 5.41) is 2.68. The molecule has 158 valence electrons. The maximum atomic E-state index is 12.8. The second kappa shape index (κ2) is 10.2. The fourth-order valence-corrected chi connectivity index (χ4v) is 2.77. The van der Waals surface area contributed by atoms with Gasteiger partial charge in [-0.1, -0.05) is 6.07 Å². The van der Waals surface area contributed by atoms with Crippen LogP contribution in [-0.4, -0.2) is 41.7 Å². The lowest BCUT2D eigenvalue weighted by Gasteiger charge is -2.18. The molecule has 2 aromatic carbocycles. The molecule has 8 heteroatoms. The number of hydrogen-bond donors (Lipinski definition) is 1. The second-order valence-electron chi connectivity index (χ2n) is 6.33. The van der Waals surface area contributed by atoms with Crippen molar-refractivity contribution in [2.24, 2.45) is 0 Å². The van der Waals surface area contributed by atoms with Crippen molar-refractivity contribution >= 4 is 29.4 Å². The monoisotopic (exact) mass is 412 g/mol. The van der Waals surface area contributed by atoms with Crippen LogP contribution in [0.1, 0.15) is 48.4 Å². The third kappa shape index (κ3) is 5.66. The number of hydrogen-bond acceptors (Lipinski definition) is 6. The summed E-state index contributed by atoms with van der Waals surface area (Å²) < 4.78 is 10.1. The fraction of sp³-hybridized carbons (Fsp3) is 0.273. The molecule has 0 fully saturated rings. The Balaban J connectivity index is 2.26. The third-order valence-electron chi connectivity index (χ3n) is 4.16. The standard InChI is InChI=1S/C22H24N2O6/c1-5-24(6-2)22(28)16-10-12-17(13-11-16)23-21(27)18-8-7-9-19(29-14(3)25)20(18)30-15(4)26/h7-13H,5-6H2,1-4H3,(H,23,27). The van der Waals surface area contributed by atoms with Crippen LogP contribution in [-0.2, 0) is 9.59 Å². The summed E-state index contributed by atoms with van der Waals surface area (Å²) in [6, 6.07) is 10.8. The average molecular weight is 412 g/mol. The van der Waals surface area contributed by atoms with Gasteiger partial charge in [-0.05, 0) is 50.2 Å². The normalized spacial score (nSPS) is 10.1. The van der Waals surface area contributed by atoms with Crippen LogP contribution in [0.3, 0.4) is 0 Å². The SMILES string of the molecule is CCN(CC)C(=O)c1ccc(NC(=O)c2cccc(OC(C)=O)c2OC(C)=O)cc1. The van der Waals surface area contributed by atoms with E-state index in [4.69, 9.17) is 9.47 Å². The zero-order chi connectivity index (χ0) is 22.3. The molecular formula is C22H24N2O6. The Labute approximate surface area is 174 Å². The summed E-state index contributed by atoms with van der Waals surface area (Å²) >= 11 is 0. The van der Waals surface area contributed by atoms with E-state index in [1.807, 2.05) is 13.8 Å². The van der Waals surface area contributed by atoms with E-state index in [1.54, 1.807) is 29.2 Å². The third-order valence-corrected chi connectivity index (χ3v) is 4.16. The van der Waals surface area contributed by atoms with Crippen molar-refractivity contribution in [3.05, 3.63) is 53.6 Å². The summed E-state index contributed by atoms with van der Waals surface area (Å²) in [7, 11) is 0. The van der Waals surface area contributed by atoms with E-state index in [0.717, 1.165) is 0 Å². The zero-order valence-corrected chi connectivity index (χ0v) is 17.4. The van der Waals surface area contributed by atoms with Crippen molar-refractivity contribution in [1.82, 2.24) is 4.90 Å². The summed E-state index contributed by atoms with van der Waals surface area (Å²) in [6.45, 7) is 7.39. The highest BCUT2D eigenvalue weighted by Gasteiger charge is 2.20. The number of ether oxygens (including phenoxy) is 2. The minimum atomic E-state index is -0.664. The van der Waals surface area contributed by atoms with Crippen molar-refractivity contribution in [2.45, 2.75) is 27.7 Å². The van der Waals surface area contributed by atoms with E-state index in [1.165, 1.54) is 32.0 Å². The smallest absolute Gasteiger partial charge is 0.308 e. The van der Waals surface area contributed by atoms with Crippen LogP contribution in [0.4, 0.5) is 5.69 Å². The van der Waals surface area contributed by atoms with Crippen LogP contribution in [0.2, 0.25) is 0 Å². The topological polar surface area (TPSA) is 102 Å². The van der Waals surface area contributed by atoms with Gasteiger partial charge < -0.3 is 19.7 Å². The molecule has 0 unspecified atom stereocenters. The molecule has 0 bridgehead atoms. The predicted octanol–water partition coefficient (Wildman–Crippen LogP) is 3.27. The maximum absolute atomic E-state index is 12.8. The Hall–Kier alpha value is -3.68. The molecule has 0 spiro atoms. The molecule has 2 aromatic rings. The lowest BCUT2D eigenvalue weighted by atomic mass is 10.1.